The number of hydrogen-bond acceptors (Lipinski definition) is 5. The first kappa shape index (κ1) is 20.2. The topological polar surface area (TPSA) is 76.0 Å². The SMILES string of the molecule is CC[C@H]1CC[C@H]2[C@@H]3C(OC(=O)OC)C=C4CC(O)C(O)C[C@]4(C)[C@H]3CC[C@]12C. The van der Waals surface area contributed by atoms with E-state index in [0.717, 1.165) is 17.9 Å². The van der Waals surface area contributed by atoms with Crippen molar-refractivity contribution in [3.05, 3.63) is 11.6 Å². The van der Waals surface area contributed by atoms with E-state index in [-0.39, 0.29) is 17.4 Å². The fourth-order valence-electron chi connectivity index (χ4n) is 7.70. The van der Waals surface area contributed by atoms with Crippen LogP contribution >= 0.6 is 0 Å². The zero-order valence-corrected chi connectivity index (χ0v) is 17.7. The Labute approximate surface area is 168 Å². The molecule has 3 saturated carbocycles. The van der Waals surface area contributed by atoms with E-state index in [1.807, 2.05) is 0 Å². The van der Waals surface area contributed by atoms with Gasteiger partial charge in [0.2, 0.25) is 0 Å². The van der Waals surface area contributed by atoms with Crippen molar-refractivity contribution in [2.75, 3.05) is 7.11 Å². The Morgan fingerprint density at radius 3 is 2.61 bits per heavy atom. The van der Waals surface area contributed by atoms with Crippen LogP contribution in [0.5, 0.6) is 0 Å². The molecule has 0 radical (unpaired) electrons. The average Bonchev–Trinajstić information content (AvgIpc) is 3.00. The number of carbonyl (C=O) groups is 1. The van der Waals surface area contributed by atoms with E-state index in [2.05, 4.69) is 26.8 Å². The van der Waals surface area contributed by atoms with Gasteiger partial charge in [-0.25, -0.2) is 4.79 Å². The third kappa shape index (κ3) is 2.84. The number of hydrogen-bond donors (Lipinski definition) is 2. The van der Waals surface area contributed by atoms with Gasteiger partial charge >= 0.3 is 6.16 Å². The van der Waals surface area contributed by atoms with Crippen molar-refractivity contribution in [1.82, 2.24) is 0 Å². The molecule has 3 unspecified atom stereocenters. The number of aliphatic hydroxyl groups is 2. The second kappa shape index (κ2) is 7.02. The number of fused-ring (bicyclic) bond motifs is 5. The van der Waals surface area contributed by atoms with Crippen LogP contribution in [0.25, 0.3) is 0 Å². The van der Waals surface area contributed by atoms with Crippen molar-refractivity contribution < 1.29 is 24.5 Å². The van der Waals surface area contributed by atoms with Gasteiger partial charge in [0.05, 0.1) is 19.3 Å². The maximum absolute atomic E-state index is 12.0. The Balaban J connectivity index is 1.75. The van der Waals surface area contributed by atoms with Crippen molar-refractivity contribution in [3.8, 4) is 0 Å². The summed E-state index contributed by atoms with van der Waals surface area (Å²) in [6, 6.07) is 0. The molecule has 0 aromatic rings. The summed E-state index contributed by atoms with van der Waals surface area (Å²) in [7, 11) is 1.36. The second-order valence-corrected chi connectivity index (χ2v) is 10.2. The van der Waals surface area contributed by atoms with Gasteiger partial charge in [-0.2, -0.15) is 0 Å². The summed E-state index contributed by atoms with van der Waals surface area (Å²) >= 11 is 0. The van der Waals surface area contributed by atoms with Crippen LogP contribution in [0.15, 0.2) is 11.6 Å². The molecular formula is C23H36O5. The lowest BCUT2D eigenvalue weighted by Gasteiger charge is -2.59. The number of ether oxygens (including phenoxy) is 2. The van der Waals surface area contributed by atoms with Crippen LogP contribution in [0.4, 0.5) is 4.79 Å². The number of methoxy groups -OCH3 is 1. The lowest BCUT2D eigenvalue weighted by molar-refractivity contribution is -0.119. The molecule has 4 aliphatic rings. The van der Waals surface area contributed by atoms with E-state index in [4.69, 9.17) is 9.47 Å². The summed E-state index contributed by atoms with van der Waals surface area (Å²) in [5.41, 5.74) is 1.31. The largest absolute Gasteiger partial charge is 0.508 e. The monoisotopic (exact) mass is 392 g/mol. The molecule has 0 bridgehead atoms. The van der Waals surface area contributed by atoms with Crippen LogP contribution in [-0.4, -0.2) is 41.8 Å². The van der Waals surface area contributed by atoms with Gasteiger partial charge in [0.25, 0.3) is 0 Å². The minimum Gasteiger partial charge on any atom is -0.438 e. The summed E-state index contributed by atoms with van der Waals surface area (Å²) in [4.78, 5) is 12.0. The Morgan fingerprint density at radius 2 is 1.93 bits per heavy atom. The van der Waals surface area contributed by atoms with Crippen molar-refractivity contribution in [2.24, 2.45) is 34.5 Å². The molecule has 0 aliphatic heterocycles. The Hall–Kier alpha value is -1.07. The molecule has 0 heterocycles. The molecule has 0 amide bonds. The summed E-state index contributed by atoms with van der Waals surface area (Å²) in [5, 5.41) is 20.7. The van der Waals surface area contributed by atoms with Crippen LogP contribution < -0.4 is 0 Å². The highest BCUT2D eigenvalue weighted by atomic mass is 16.7. The number of rotatable bonds is 2. The van der Waals surface area contributed by atoms with Crippen molar-refractivity contribution in [1.29, 1.82) is 0 Å². The van der Waals surface area contributed by atoms with E-state index in [1.165, 1.54) is 32.8 Å². The minimum atomic E-state index is -0.737. The first-order chi connectivity index (χ1) is 13.2. The summed E-state index contributed by atoms with van der Waals surface area (Å²) in [6.07, 6.45) is 6.72. The molecule has 2 N–H and O–H groups in total. The van der Waals surface area contributed by atoms with Crippen molar-refractivity contribution in [2.45, 2.75) is 84.0 Å². The van der Waals surface area contributed by atoms with Crippen LogP contribution in [0.3, 0.4) is 0 Å². The quantitative estimate of drug-likeness (QED) is 0.547. The second-order valence-electron chi connectivity index (χ2n) is 10.2. The molecule has 4 rings (SSSR count). The first-order valence-corrected chi connectivity index (χ1v) is 11.1. The highest BCUT2D eigenvalue weighted by Crippen LogP contribution is 2.66. The summed E-state index contributed by atoms with van der Waals surface area (Å²) in [5.74, 6) is 1.86. The number of carbonyl (C=O) groups excluding carboxylic acids is 1. The van der Waals surface area contributed by atoms with Gasteiger partial charge in [-0.15, -0.1) is 0 Å². The maximum atomic E-state index is 12.0. The molecule has 0 saturated heterocycles. The third-order valence-electron chi connectivity index (χ3n) is 9.22. The molecule has 0 aromatic heterocycles. The predicted molar refractivity (Wildman–Crippen MR) is 106 cm³/mol. The van der Waals surface area contributed by atoms with Gasteiger partial charge in [0.1, 0.15) is 6.10 Å². The molecule has 0 spiro atoms. The fraction of sp³-hybridized carbons (Fsp3) is 0.870. The van der Waals surface area contributed by atoms with Crippen LogP contribution in [0, 0.1) is 34.5 Å². The minimum absolute atomic E-state index is 0.134. The van der Waals surface area contributed by atoms with Gasteiger partial charge in [-0.1, -0.05) is 32.8 Å². The molecule has 5 nitrogen and oxygen atoms in total. The third-order valence-corrected chi connectivity index (χ3v) is 9.22. The predicted octanol–water partition coefficient (Wildman–Crippen LogP) is 4.07. The summed E-state index contributed by atoms with van der Waals surface area (Å²) in [6.45, 7) is 7.01. The molecule has 0 aromatic carbocycles. The summed E-state index contributed by atoms with van der Waals surface area (Å²) < 4.78 is 10.6. The molecule has 158 valence electrons. The van der Waals surface area contributed by atoms with E-state index in [1.54, 1.807) is 0 Å². The number of aliphatic hydroxyl groups excluding tert-OH is 2. The Bertz CT molecular complexity index is 659. The van der Waals surface area contributed by atoms with Gasteiger partial charge in [0.15, 0.2) is 0 Å². The van der Waals surface area contributed by atoms with Gasteiger partial charge < -0.3 is 19.7 Å². The molecule has 4 aliphatic carbocycles. The lowest BCUT2D eigenvalue weighted by atomic mass is 9.46. The van der Waals surface area contributed by atoms with E-state index >= 15 is 0 Å². The van der Waals surface area contributed by atoms with Crippen molar-refractivity contribution >= 4 is 6.16 Å². The highest BCUT2D eigenvalue weighted by Gasteiger charge is 2.61. The smallest absolute Gasteiger partial charge is 0.438 e. The fourth-order valence-corrected chi connectivity index (χ4v) is 7.70. The average molecular weight is 393 g/mol. The maximum Gasteiger partial charge on any atom is 0.508 e. The molecular weight excluding hydrogens is 356 g/mol. The Morgan fingerprint density at radius 1 is 1.18 bits per heavy atom. The van der Waals surface area contributed by atoms with E-state index < -0.39 is 18.4 Å². The van der Waals surface area contributed by atoms with Crippen LogP contribution in [0.1, 0.15) is 65.7 Å². The molecule has 5 heteroatoms. The zero-order chi connectivity index (χ0) is 20.3. The van der Waals surface area contributed by atoms with Crippen LogP contribution in [-0.2, 0) is 9.47 Å². The molecule has 9 atom stereocenters. The lowest BCUT2D eigenvalue weighted by Crippen LogP contribution is -2.57. The van der Waals surface area contributed by atoms with Crippen LogP contribution in [0.2, 0.25) is 0 Å². The van der Waals surface area contributed by atoms with Gasteiger partial charge in [-0.3, -0.25) is 0 Å². The first-order valence-electron chi connectivity index (χ1n) is 11.1. The van der Waals surface area contributed by atoms with Gasteiger partial charge in [0, 0.05) is 5.92 Å². The highest BCUT2D eigenvalue weighted by molar-refractivity contribution is 5.60. The Kier molecular flexibility index (Phi) is 5.06. The molecule has 3 fully saturated rings. The van der Waals surface area contributed by atoms with Gasteiger partial charge in [-0.05, 0) is 73.2 Å². The zero-order valence-electron chi connectivity index (χ0n) is 17.7. The standard InChI is InChI=1S/C23H36O5/c1-5-13-6-7-15-20-16(8-9-22(13,15)2)23(3)12-18(25)17(24)10-14(23)11-19(20)28-21(26)27-4/h11,13,15-20,24-25H,5-10,12H2,1-4H3/t13-,15-,16-,17?,18?,19?,20-,22+,23-/m0/s1. The van der Waals surface area contributed by atoms with E-state index in [9.17, 15) is 15.0 Å². The van der Waals surface area contributed by atoms with E-state index in [0.29, 0.717) is 30.1 Å². The normalized spacial score (nSPS) is 50.1. The van der Waals surface area contributed by atoms with Crippen molar-refractivity contribution in [3.63, 3.8) is 0 Å². The molecule has 28 heavy (non-hydrogen) atoms.